The average Bonchev–Trinajstić information content (AvgIpc) is 2.95. The summed E-state index contributed by atoms with van der Waals surface area (Å²) < 4.78 is 37.0. The fourth-order valence-electron chi connectivity index (χ4n) is 2.77. The fourth-order valence-corrected chi connectivity index (χ4v) is 2.77. The first kappa shape index (κ1) is 18.4. The molecule has 2 aromatic carbocycles. The number of hydrogen-bond acceptors (Lipinski definition) is 2. The summed E-state index contributed by atoms with van der Waals surface area (Å²) >= 11 is 0. The van der Waals surface area contributed by atoms with Gasteiger partial charge in [-0.2, -0.15) is 13.2 Å². The number of fused-ring (bicyclic) bond motifs is 1. The van der Waals surface area contributed by atoms with Crippen molar-refractivity contribution in [3.05, 3.63) is 71.4 Å². The van der Waals surface area contributed by atoms with E-state index in [9.17, 15) is 22.8 Å². The van der Waals surface area contributed by atoms with Crippen molar-refractivity contribution >= 4 is 34.4 Å². The number of benzene rings is 2. The lowest BCUT2D eigenvalue weighted by atomic mass is 10.1. The summed E-state index contributed by atoms with van der Waals surface area (Å²) in [6, 6.07) is 13.2. The van der Waals surface area contributed by atoms with E-state index in [2.05, 4.69) is 4.98 Å². The number of rotatable bonds is 4. The first-order chi connectivity index (χ1) is 12.8. The van der Waals surface area contributed by atoms with Gasteiger partial charge in [-0.15, -0.1) is 0 Å². The molecule has 0 spiro atoms. The topological polar surface area (TPSA) is 62.0 Å². The van der Waals surface area contributed by atoms with Gasteiger partial charge in [0.05, 0.1) is 5.56 Å². The molecule has 7 heteroatoms. The number of aromatic amines is 1. The van der Waals surface area contributed by atoms with Crippen LogP contribution in [0.1, 0.15) is 21.6 Å². The van der Waals surface area contributed by atoms with Crippen molar-refractivity contribution in [2.45, 2.75) is 13.1 Å². The van der Waals surface area contributed by atoms with Crippen LogP contribution in [0.5, 0.6) is 0 Å². The second-order valence-electron chi connectivity index (χ2n) is 5.95. The summed E-state index contributed by atoms with van der Waals surface area (Å²) in [5.74, 6) is -2.27. The largest absolute Gasteiger partial charge is 0.471 e. The summed E-state index contributed by atoms with van der Waals surface area (Å²) in [7, 11) is 0. The number of para-hydroxylation sites is 1. The lowest BCUT2D eigenvalue weighted by molar-refractivity contribution is -0.167. The molecule has 0 atom stereocenters. The summed E-state index contributed by atoms with van der Waals surface area (Å²) in [5, 5.41) is 2.58. The number of nitrogens with one attached hydrogen (secondary N) is 2. The second-order valence-corrected chi connectivity index (χ2v) is 5.95. The SMILES string of the molecule is Cc1[nH]c2ccccc2c1C(=O)/C=C/c1cccc(NC(=O)C(F)(F)F)c1. The number of allylic oxidation sites excluding steroid dienone is 1. The second kappa shape index (κ2) is 7.11. The third-order valence-electron chi connectivity index (χ3n) is 3.97. The van der Waals surface area contributed by atoms with E-state index in [0.717, 1.165) is 16.6 Å². The van der Waals surface area contributed by atoms with Crippen LogP contribution in [0.25, 0.3) is 17.0 Å². The van der Waals surface area contributed by atoms with Crippen LogP contribution in [-0.2, 0) is 4.79 Å². The van der Waals surface area contributed by atoms with Gasteiger partial charge in [-0.3, -0.25) is 9.59 Å². The van der Waals surface area contributed by atoms with E-state index >= 15 is 0 Å². The quantitative estimate of drug-likeness (QED) is 0.507. The van der Waals surface area contributed by atoms with Gasteiger partial charge < -0.3 is 10.3 Å². The van der Waals surface area contributed by atoms with Crippen molar-refractivity contribution in [1.82, 2.24) is 4.98 Å². The molecule has 0 saturated carbocycles. The monoisotopic (exact) mass is 372 g/mol. The maximum absolute atomic E-state index is 12.6. The van der Waals surface area contributed by atoms with E-state index in [1.54, 1.807) is 18.3 Å². The Labute approximate surface area is 152 Å². The van der Waals surface area contributed by atoms with Crippen molar-refractivity contribution in [3.8, 4) is 0 Å². The van der Waals surface area contributed by atoms with E-state index in [0.29, 0.717) is 11.1 Å². The van der Waals surface area contributed by atoms with E-state index in [1.807, 2.05) is 24.3 Å². The van der Waals surface area contributed by atoms with Crippen LogP contribution in [0.4, 0.5) is 18.9 Å². The normalized spacial score (nSPS) is 11.9. The lowest BCUT2D eigenvalue weighted by Gasteiger charge is -2.08. The van der Waals surface area contributed by atoms with Crippen LogP contribution >= 0.6 is 0 Å². The molecule has 0 fully saturated rings. The summed E-state index contributed by atoms with van der Waals surface area (Å²) in [6.45, 7) is 1.80. The maximum Gasteiger partial charge on any atom is 0.471 e. The molecule has 4 nitrogen and oxygen atoms in total. The van der Waals surface area contributed by atoms with Crippen molar-refractivity contribution in [3.63, 3.8) is 0 Å². The van der Waals surface area contributed by atoms with Crippen molar-refractivity contribution in [1.29, 1.82) is 0 Å². The molecular weight excluding hydrogens is 357 g/mol. The fraction of sp³-hybridized carbons (Fsp3) is 0.100. The van der Waals surface area contributed by atoms with Crippen molar-refractivity contribution in [2.75, 3.05) is 5.32 Å². The number of hydrogen-bond donors (Lipinski definition) is 2. The molecule has 0 unspecified atom stereocenters. The minimum Gasteiger partial charge on any atom is -0.358 e. The Balaban J connectivity index is 1.81. The molecule has 1 heterocycles. The zero-order valence-electron chi connectivity index (χ0n) is 14.2. The van der Waals surface area contributed by atoms with Crippen LogP contribution in [0.3, 0.4) is 0 Å². The molecule has 0 radical (unpaired) electrons. The third kappa shape index (κ3) is 4.08. The Bertz CT molecular complexity index is 1050. The van der Waals surface area contributed by atoms with Gasteiger partial charge in [-0.25, -0.2) is 0 Å². The zero-order valence-corrected chi connectivity index (χ0v) is 14.2. The molecule has 138 valence electrons. The highest BCUT2D eigenvalue weighted by Crippen LogP contribution is 2.23. The van der Waals surface area contributed by atoms with Crippen LogP contribution < -0.4 is 5.32 Å². The minimum atomic E-state index is -4.96. The lowest BCUT2D eigenvalue weighted by Crippen LogP contribution is -2.29. The van der Waals surface area contributed by atoms with Gasteiger partial charge in [-0.05, 0) is 36.8 Å². The Morgan fingerprint density at radius 1 is 1.07 bits per heavy atom. The number of ketones is 1. The molecule has 3 rings (SSSR count). The Kier molecular flexibility index (Phi) is 4.85. The summed E-state index contributed by atoms with van der Waals surface area (Å²) in [6.07, 6.45) is -2.12. The number of aromatic nitrogens is 1. The highest BCUT2D eigenvalue weighted by molar-refractivity contribution is 6.15. The van der Waals surface area contributed by atoms with Gasteiger partial charge in [0.1, 0.15) is 0 Å². The van der Waals surface area contributed by atoms with Gasteiger partial charge in [0.15, 0.2) is 5.78 Å². The molecule has 0 aliphatic heterocycles. The van der Waals surface area contributed by atoms with E-state index < -0.39 is 12.1 Å². The summed E-state index contributed by atoms with van der Waals surface area (Å²) in [4.78, 5) is 26.7. The Morgan fingerprint density at radius 3 is 2.56 bits per heavy atom. The predicted molar refractivity (Wildman–Crippen MR) is 97.5 cm³/mol. The van der Waals surface area contributed by atoms with Crippen LogP contribution in [0.2, 0.25) is 0 Å². The molecule has 1 aromatic heterocycles. The number of anilines is 1. The molecule has 1 amide bonds. The summed E-state index contributed by atoms with van der Waals surface area (Å²) in [5.41, 5.74) is 2.61. The molecule has 0 aliphatic rings. The molecule has 2 N–H and O–H groups in total. The van der Waals surface area contributed by atoms with E-state index in [-0.39, 0.29) is 11.5 Å². The predicted octanol–water partition coefficient (Wildman–Crippen LogP) is 4.87. The van der Waals surface area contributed by atoms with Crippen LogP contribution in [0, 0.1) is 6.92 Å². The number of amides is 1. The third-order valence-corrected chi connectivity index (χ3v) is 3.97. The van der Waals surface area contributed by atoms with Gasteiger partial charge in [0.2, 0.25) is 0 Å². The Morgan fingerprint density at radius 2 is 1.81 bits per heavy atom. The van der Waals surface area contributed by atoms with Gasteiger partial charge in [0, 0.05) is 22.3 Å². The molecule has 0 aliphatic carbocycles. The number of H-pyrrole nitrogens is 1. The van der Waals surface area contributed by atoms with Crippen LogP contribution in [0.15, 0.2) is 54.6 Å². The first-order valence-electron chi connectivity index (χ1n) is 8.03. The van der Waals surface area contributed by atoms with Gasteiger partial charge >= 0.3 is 12.1 Å². The maximum atomic E-state index is 12.6. The van der Waals surface area contributed by atoms with E-state index in [4.69, 9.17) is 0 Å². The number of carbonyl (C=O) groups is 2. The van der Waals surface area contributed by atoms with Crippen molar-refractivity contribution < 1.29 is 22.8 Å². The van der Waals surface area contributed by atoms with Gasteiger partial charge in [-0.1, -0.05) is 36.4 Å². The average molecular weight is 372 g/mol. The highest BCUT2D eigenvalue weighted by atomic mass is 19.4. The van der Waals surface area contributed by atoms with Crippen molar-refractivity contribution in [2.24, 2.45) is 0 Å². The first-order valence-corrected chi connectivity index (χ1v) is 8.03. The molecule has 3 aromatic rings. The Hall–Kier alpha value is -3.35. The standard InChI is InChI=1S/C20H15F3N2O2/c1-12-18(15-7-2-3-8-16(15)24-12)17(26)10-9-13-5-4-6-14(11-13)25-19(27)20(21,22)23/h2-11,24H,1H3,(H,25,27)/b10-9+. The highest BCUT2D eigenvalue weighted by Gasteiger charge is 2.38. The molecule has 0 bridgehead atoms. The zero-order chi connectivity index (χ0) is 19.6. The number of carbonyl (C=O) groups excluding carboxylic acids is 2. The molecule has 27 heavy (non-hydrogen) atoms. The smallest absolute Gasteiger partial charge is 0.358 e. The molecular formula is C20H15F3N2O2. The number of halogens is 3. The molecule has 0 saturated heterocycles. The minimum absolute atomic E-state index is 0.00445. The number of aryl methyl sites for hydroxylation is 1. The van der Waals surface area contributed by atoms with Gasteiger partial charge in [0.25, 0.3) is 0 Å². The van der Waals surface area contributed by atoms with Crippen LogP contribution in [-0.4, -0.2) is 22.9 Å². The van der Waals surface area contributed by atoms with E-state index in [1.165, 1.54) is 30.4 Å². The number of alkyl halides is 3.